The molecule has 0 fully saturated rings. The van der Waals surface area contributed by atoms with Crippen molar-refractivity contribution in [3.05, 3.63) is 54.4 Å². The van der Waals surface area contributed by atoms with Gasteiger partial charge < -0.3 is 9.64 Å². The highest BCUT2D eigenvalue weighted by Gasteiger charge is 2.24. The van der Waals surface area contributed by atoms with Crippen molar-refractivity contribution in [2.75, 3.05) is 24.0 Å². The van der Waals surface area contributed by atoms with Crippen molar-refractivity contribution in [2.24, 2.45) is 5.10 Å². The Morgan fingerprint density at radius 2 is 1.65 bits per heavy atom. The van der Waals surface area contributed by atoms with Crippen LogP contribution in [-0.4, -0.2) is 36.5 Å². The van der Waals surface area contributed by atoms with Gasteiger partial charge >= 0.3 is 6.09 Å². The van der Waals surface area contributed by atoms with Crippen molar-refractivity contribution < 1.29 is 9.53 Å². The summed E-state index contributed by atoms with van der Waals surface area (Å²) in [5.41, 5.74) is 2.36. The largest absolute Gasteiger partial charge is 0.442 e. The Balaban J connectivity index is 2.40. The lowest BCUT2D eigenvalue weighted by atomic mass is 10.2. The van der Waals surface area contributed by atoms with Crippen molar-refractivity contribution in [3.63, 3.8) is 0 Å². The van der Waals surface area contributed by atoms with Gasteiger partial charge in [-0.15, -0.1) is 0 Å². The first-order chi connectivity index (χ1) is 12.2. The van der Waals surface area contributed by atoms with Gasteiger partial charge in [0.25, 0.3) is 0 Å². The number of carbonyl (C=O) groups is 1. The average molecular weight is 354 g/mol. The molecule has 1 heterocycles. The SMILES string of the molecule is C/C(=N\N(C(=O)OC(C)(C)C)c1ccc(N(C)C)cc1)c1ccccn1. The van der Waals surface area contributed by atoms with Gasteiger partial charge in [-0.05, 0) is 64.1 Å². The first-order valence-corrected chi connectivity index (χ1v) is 8.44. The molecule has 0 bridgehead atoms. The van der Waals surface area contributed by atoms with Gasteiger partial charge in [0.1, 0.15) is 5.60 Å². The van der Waals surface area contributed by atoms with E-state index < -0.39 is 11.7 Å². The summed E-state index contributed by atoms with van der Waals surface area (Å²) < 4.78 is 5.52. The van der Waals surface area contributed by atoms with Crippen molar-refractivity contribution in [1.29, 1.82) is 0 Å². The zero-order valence-electron chi connectivity index (χ0n) is 16.2. The summed E-state index contributed by atoms with van der Waals surface area (Å²) >= 11 is 0. The van der Waals surface area contributed by atoms with Gasteiger partial charge in [0, 0.05) is 26.0 Å². The van der Waals surface area contributed by atoms with Crippen LogP contribution in [0.25, 0.3) is 0 Å². The van der Waals surface area contributed by atoms with Crippen molar-refractivity contribution in [2.45, 2.75) is 33.3 Å². The maximum Gasteiger partial charge on any atom is 0.435 e. The van der Waals surface area contributed by atoms with Crippen LogP contribution in [0, 0.1) is 0 Å². The predicted octanol–water partition coefficient (Wildman–Crippen LogP) is 4.31. The van der Waals surface area contributed by atoms with Gasteiger partial charge in [-0.2, -0.15) is 10.1 Å². The lowest BCUT2D eigenvalue weighted by Crippen LogP contribution is -2.34. The summed E-state index contributed by atoms with van der Waals surface area (Å²) in [6.45, 7) is 7.29. The molecule has 6 nitrogen and oxygen atoms in total. The van der Waals surface area contributed by atoms with E-state index in [9.17, 15) is 4.79 Å². The van der Waals surface area contributed by atoms with E-state index in [1.165, 1.54) is 5.01 Å². The summed E-state index contributed by atoms with van der Waals surface area (Å²) in [5, 5.41) is 5.75. The number of pyridine rings is 1. The van der Waals surface area contributed by atoms with Gasteiger partial charge in [0.15, 0.2) is 0 Å². The number of benzene rings is 1. The van der Waals surface area contributed by atoms with Crippen LogP contribution >= 0.6 is 0 Å². The number of nitrogens with zero attached hydrogens (tertiary/aromatic N) is 4. The molecule has 0 aliphatic carbocycles. The molecule has 0 saturated carbocycles. The Morgan fingerprint density at radius 1 is 1.04 bits per heavy atom. The molecule has 6 heteroatoms. The van der Waals surface area contributed by atoms with Gasteiger partial charge in [-0.1, -0.05) is 6.07 Å². The lowest BCUT2D eigenvalue weighted by Gasteiger charge is -2.25. The van der Waals surface area contributed by atoms with Crippen LogP contribution in [0.2, 0.25) is 0 Å². The van der Waals surface area contributed by atoms with E-state index in [4.69, 9.17) is 4.74 Å². The Labute approximate surface area is 155 Å². The van der Waals surface area contributed by atoms with E-state index in [-0.39, 0.29) is 0 Å². The van der Waals surface area contributed by atoms with E-state index in [2.05, 4.69) is 10.1 Å². The molecule has 0 spiro atoms. The van der Waals surface area contributed by atoms with Crippen LogP contribution < -0.4 is 9.91 Å². The number of aromatic nitrogens is 1. The minimum Gasteiger partial charge on any atom is -0.442 e. The molecular formula is C20H26N4O2. The van der Waals surface area contributed by atoms with Crippen LogP contribution in [0.5, 0.6) is 0 Å². The Kier molecular flexibility index (Phi) is 5.97. The van der Waals surface area contributed by atoms with E-state index in [0.29, 0.717) is 17.1 Å². The van der Waals surface area contributed by atoms with Crippen molar-refractivity contribution in [1.82, 2.24) is 4.98 Å². The molecule has 0 unspecified atom stereocenters. The Hall–Kier alpha value is -2.89. The van der Waals surface area contributed by atoms with Gasteiger partial charge in [-0.25, -0.2) is 4.79 Å². The Morgan fingerprint density at radius 3 is 2.15 bits per heavy atom. The number of anilines is 2. The summed E-state index contributed by atoms with van der Waals surface area (Å²) in [7, 11) is 3.92. The van der Waals surface area contributed by atoms with Gasteiger partial charge in [-0.3, -0.25) is 4.98 Å². The third-order valence-corrected chi connectivity index (χ3v) is 3.46. The van der Waals surface area contributed by atoms with Crippen molar-refractivity contribution >= 4 is 23.2 Å². The second-order valence-electron chi connectivity index (χ2n) is 7.10. The molecular weight excluding hydrogens is 328 g/mol. The molecule has 26 heavy (non-hydrogen) atoms. The average Bonchev–Trinajstić information content (AvgIpc) is 2.58. The number of hydrazone groups is 1. The van der Waals surface area contributed by atoms with Crippen LogP contribution in [-0.2, 0) is 4.74 Å². The Bertz CT molecular complexity index is 763. The number of hydrogen-bond acceptors (Lipinski definition) is 5. The highest BCUT2D eigenvalue weighted by atomic mass is 16.6. The van der Waals surface area contributed by atoms with Crippen LogP contribution in [0.4, 0.5) is 16.2 Å². The highest BCUT2D eigenvalue weighted by molar-refractivity contribution is 6.00. The monoisotopic (exact) mass is 354 g/mol. The third kappa shape index (κ3) is 5.31. The molecule has 2 rings (SSSR count). The third-order valence-electron chi connectivity index (χ3n) is 3.46. The molecule has 1 aromatic carbocycles. The molecule has 0 aliphatic heterocycles. The predicted molar refractivity (Wildman–Crippen MR) is 106 cm³/mol. The lowest BCUT2D eigenvalue weighted by molar-refractivity contribution is 0.0581. The minimum atomic E-state index is -0.618. The molecule has 0 atom stereocenters. The normalized spacial score (nSPS) is 11.8. The molecule has 1 aromatic heterocycles. The number of carbonyl (C=O) groups excluding carboxylic acids is 1. The second kappa shape index (κ2) is 7.99. The van der Waals surface area contributed by atoms with E-state index in [0.717, 1.165) is 5.69 Å². The van der Waals surface area contributed by atoms with E-state index in [1.54, 1.807) is 6.20 Å². The topological polar surface area (TPSA) is 58.0 Å². The second-order valence-corrected chi connectivity index (χ2v) is 7.10. The smallest absolute Gasteiger partial charge is 0.435 e. The van der Waals surface area contributed by atoms with Crippen LogP contribution in [0.15, 0.2) is 53.8 Å². The molecule has 0 saturated heterocycles. The molecule has 2 aromatic rings. The maximum atomic E-state index is 12.7. The summed E-state index contributed by atoms with van der Waals surface area (Å²) in [4.78, 5) is 19.0. The highest BCUT2D eigenvalue weighted by Crippen LogP contribution is 2.22. The number of ether oxygens (including phenoxy) is 1. The van der Waals surface area contributed by atoms with Gasteiger partial charge in [0.05, 0.1) is 17.1 Å². The molecule has 0 N–H and O–H groups in total. The van der Waals surface area contributed by atoms with Crippen LogP contribution in [0.3, 0.4) is 0 Å². The first-order valence-electron chi connectivity index (χ1n) is 8.44. The fourth-order valence-electron chi connectivity index (χ4n) is 2.18. The molecule has 138 valence electrons. The number of rotatable bonds is 4. The molecule has 0 radical (unpaired) electrons. The summed E-state index contributed by atoms with van der Waals surface area (Å²) in [5.74, 6) is 0. The standard InChI is InChI=1S/C20H26N4O2/c1-15(18-9-7-8-14-21-18)22-24(19(25)26-20(2,3)4)17-12-10-16(11-13-17)23(5)6/h7-14H,1-6H3/b22-15+. The summed E-state index contributed by atoms with van der Waals surface area (Å²) in [6, 6.07) is 13.1. The van der Waals surface area contributed by atoms with Crippen LogP contribution in [0.1, 0.15) is 33.4 Å². The fourth-order valence-corrected chi connectivity index (χ4v) is 2.18. The number of amides is 1. The zero-order chi connectivity index (χ0) is 19.3. The quantitative estimate of drug-likeness (QED) is 0.606. The van der Waals surface area contributed by atoms with E-state index >= 15 is 0 Å². The number of hydrogen-bond donors (Lipinski definition) is 0. The zero-order valence-corrected chi connectivity index (χ0v) is 16.2. The fraction of sp³-hybridized carbons (Fsp3) is 0.350. The molecule has 1 amide bonds. The van der Waals surface area contributed by atoms with Gasteiger partial charge in [0.2, 0.25) is 0 Å². The minimum absolute atomic E-state index is 0.537. The van der Waals surface area contributed by atoms with E-state index in [1.807, 2.05) is 89.2 Å². The molecule has 0 aliphatic rings. The van der Waals surface area contributed by atoms with Crippen molar-refractivity contribution in [3.8, 4) is 0 Å². The maximum absolute atomic E-state index is 12.7. The summed E-state index contributed by atoms with van der Waals surface area (Å²) in [6.07, 6.45) is 1.16. The first kappa shape index (κ1) is 19.4.